The Bertz CT molecular complexity index is 1230. The van der Waals surface area contributed by atoms with Crippen molar-refractivity contribution in [1.82, 2.24) is 10.2 Å². The van der Waals surface area contributed by atoms with E-state index in [4.69, 9.17) is 23.2 Å². The van der Waals surface area contributed by atoms with Crippen LogP contribution in [0.5, 0.6) is 0 Å². The van der Waals surface area contributed by atoms with Gasteiger partial charge in [0.1, 0.15) is 12.6 Å². The zero-order valence-corrected chi connectivity index (χ0v) is 24.7. The van der Waals surface area contributed by atoms with Crippen LogP contribution >= 0.6 is 23.2 Å². The molecule has 0 unspecified atom stereocenters. The highest BCUT2D eigenvalue weighted by Gasteiger charge is 2.31. The molecule has 208 valence electrons. The summed E-state index contributed by atoms with van der Waals surface area (Å²) in [7, 11) is -3.79. The van der Waals surface area contributed by atoms with Gasteiger partial charge in [0.25, 0.3) is 0 Å². The summed E-state index contributed by atoms with van der Waals surface area (Å²) in [5.41, 5.74) is 2.12. The molecule has 7 nitrogen and oxygen atoms in total. The Morgan fingerprint density at radius 1 is 0.974 bits per heavy atom. The van der Waals surface area contributed by atoms with Crippen molar-refractivity contribution in [3.63, 3.8) is 0 Å². The van der Waals surface area contributed by atoms with Crippen molar-refractivity contribution >= 4 is 50.7 Å². The van der Waals surface area contributed by atoms with Crippen LogP contribution in [0.1, 0.15) is 69.9 Å². The van der Waals surface area contributed by atoms with Gasteiger partial charge in [-0.2, -0.15) is 0 Å². The smallest absolute Gasteiger partial charge is 0.244 e. The summed E-state index contributed by atoms with van der Waals surface area (Å²) < 4.78 is 26.6. The molecule has 2 amide bonds. The second-order valence-corrected chi connectivity index (χ2v) is 13.0. The minimum Gasteiger partial charge on any atom is -0.352 e. The van der Waals surface area contributed by atoms with Gasteiger partial charge in [-0.05, 0) is 61.1 Å². The maximum atomic E-state index is 13.7. The molecule has 0 heterocycles. The lowest BCUT2D eigenvalue weighted by Crippen LogP contribution is -2.52. The number of benzene rings is 2. The second kappa shape index (κ2) is 13.2. The molecule has 1 aliphatic rings. The number of anilines is 1. The number of amides is 2. The number of hydrogen-bond acceptors (Lipinski definition) is 4. The third-order valence-electron chi connectivity index (χ3n) is 6.98. The summed E-state index contributed by atoms with van der Waals surface area (Å²) >= 11 is 12.3. The summed E-state index contributed by atoms with van der Waals surface area (Å²) in [6.45, 7) is 5.39. The zero-order valence-electron chi connectivity index (χ0n) is 22.4. The van der Waals surface area contributed by atoms with Crippen molar-refractivity contribution < 1.29 is 18.0 Å². The van der Waals surface area contributed by atoms with Gasteiger partial charge in [-0.1, -0.05) is 74.5 Å². The number of nitrogens with zero attached hydrogens (tertiary/aromatic N) is 2. The predicted molar refractivity (Wildman–Crippen MR) is 154 cm³/mol. The Balaban J connectivity index is 1.88. The molecule has 0 bridgehead atoms. The van der Waals surface area contributed by atoms with Gasteiger partial charge < -0.3 is 10.2 Å². The third-order valence-corrected chi connectivity index (χ3v) is 8.86. The van der Waals surface area contributed by atoms with E-state index in [0.717, 1.165) is 48.2 Å². The maximum Gasteiger partial charge on any atom is 0.244 e. The van der Waals surface area contributed by atoms with Gasteiger partial charge in [-0.15, -0.1) is 0 Å². The lowest BCUT2D eigenvalue weighted by Gasteiger charge is -2.33. The van der Waals surface area contributed by atoms with Crippen molar-refractivity contribution in [3.8, 4) is 0 Å². The highest BCUT2D eigenvalue weighted by atomic mass is 35.5. The van der Waals surface area contributed by atoms with Crippen LogP contribution in [0.2, 0.25) is 10.0 Å². The minimum atomic E-state index is -3.79. The highest BCUT2D eigenvalue weighted by molar-refractivity contribution is 7.92. The highest BCUT2D eigenvalue weighted by Crippen LogP contribution is 2.26. The number of nitrogens with one attached hydrogen (secondary N) is 1. The summed E-state index contributed by atoms with van der Waals surface area (Å²) in [6.07, 6.45) is 6.16. The fraction of sp³-hybridized carbons (Fsp3) is 0.500. The number of rotatable bonds is 10. The van der Waals surface area contributed by atoms with Gasteiger partial charge in [-0.3, -0.25) is 13.9 Å². The molecule has 3 rings (SSSR count). The number of halogens is 2. The van der Waals surface area contributed by atoms with E-state index >= 15 is 0 Å². The van der Waals surface area contributed by atoms with E-state index in [-0.39, 0.29) is 24.4 Å². The quantitative estimate of drug-likeness (QED) is 0.387. The lowest BCUT2D eigenvalue weighted by molar-refractivity contribution is -0.139. The molecule has 0 saturated heterocycles. The Hall–Kier alpha value is -2.29. The number of carbonyl (C=O) groups is 2. The average molecular weight is 583 g/mol. The van der Waals surface area contributed by atoms with Crippen LogP contribution in [0.3, 0.4) is 0 Å². The summed E-state index contributed by atoms with van der Waals surface area (Å²) in [5, 5.41) is 3.79. The molecule has 0 aliphatic heterocycles. The number of hydrogen-bond donors (Lipinski definition) is 1. The topological polar surface area (TPSA) is 86.8 Å². The maximum absolute atomic E-state index is 13.7. The minimum absolute atomic E-state index is 0.0683. The molecule has 1 atom stereocenters. The Labute approximate surface area is 236 Å². The van der Waals surface area contributed by atoms with Gasteiger partial charge in [0.05, 0.1) is 22.0 Å². The molecule has 2 aromatic carbocycles. The van der Waals surface area contributed by atoms with Gasteiger partial charge in [0.15, 0.2) is 0 Å². The van der Waals surface area contributed by atoms with Crippen LogP contribution < -0.4 is 9.62 Å². The van der Waals surface area contributed by atoms with Crippen LogP contribution in [0.15, 0.2) is 42.5 Å². The second-order valence-electron chi connectivity index (χ2n) is 10.3. The monoisotopic (exact) mass is 581 g/mol. The summed E-state index contributed by atoms with van der Waals surface area (Å²) in [4.78, 5) is 28.4. The molecule has 0 aromatic heterocycles. The molecule has 1 aliphatic carbocycles. The van der Waals surface area contributed by atoms with Crippen molar-refractivity contribution in [2.75, 3.05) is 17.1 Å². The van der Waals surface area contributed by atoms with E-state index in [1.807, 2.05) is 26.0 Å². The van der Waals surface area contributed by atoms with Gasteiger partial charge in [-0.25, -0.2) is 8.42 Å². The van der Waals surface area contributed by atoms with Crippen LogP contribution in [0, 0.1) is 0 Å². The molecular formula is C28H37Cl2N3O4S. The van der Waals surface area contributed by atoms with E-state index in [1.165, 1.54) is 4.90 Å². The Kier molecular flexibility index (Phi) is 10.5. The molecule has 1 N–H and O–H groups in total. The third kappa shape index (κ3) is 8.10. The lowest BCUT2D eigenvalue weighted by atomic mass is 9.95. The number of sulfonamides is 1. The SMILES string of the molecule is CC(C)c1ccc(N(CC(=O)N(Cc2ccc(Cl)c(Cl)c2)[C@H](C)C(=O)NC2CCCCC2)S(C)(=O)=O)cc1. The first kappa shape index (κ1) is 30.3. The first-order valence-electron chi connectivity index (χ1n) is 13.0. The molecule has 1 saturated carbocycles. The molecule has 2 aromatic rings. The van der Waals surface area contributed by atoms with E-state index in [2.05, 4.69) is 5.32 Å². The Morgan fingerprint density at radius 3 is 2.16 bits per heavy atom. The van der Waals surface area contributed by atoms with Crippen molar-refractivity contribution in [2.24, 2.45) is 0 Å². The normalized spacial score (nSPS) is 15.2. The largest absolute Gasteiger partial charge is 0.352 e. The van der Waals surface area contributed by atoms with Crippen molar-refractivity contribution in [2.45, 2.75) is 77.4 Å². The van der Waals surface area contributed by atoms with Gasteiger partial charge in [0, 0.05) is 12.6 Å². The summed E-state index contributed by atoms with van der Waals surface area (Å²) in [5.74, 6) is -0.485. The molecule has 38 heavy (non-hydrogen) atoms. The Morgan fingerprint density at radius 2 is 1.61 bits per heavy atom. The van der Waals surface area contributed by atoms with E-state index in [1.54, 1.807) is 37.3 Å². The molecule has 0 spiro atoms. The van der Waals surface area contributed by atoms with Crippen LogP contribution in [-0.4, -0.2) is 50.0 Å². The molecule has 10 heteroatoms. The fourth-order valence-corrected chi connectivity index (χ4v) is 5.80. The average Bonchev–Trinajstić information content (AvgIpc) is 2.87. The molecule has 0 radical (unpaired) electrons. The zero-order chi connectivity index (χ0) is 28.0. The standard InChI is InChI=1S/C28H37Cl2N3O4S/c1-19(2)22-11-13-24(14-12-22)33(38(4,36)37)18-27(34)32(17-21-10-15-25(29)26(30)16-21)20(3)28(35)31-23-8-6-5-7-9-23/h10-16,19-20,23H,5-9,17-18H2,1-4H3,(H,31,35)/t20-/m1/s1. The van der Waals surface area contributed by atoms with Crippen molar-refractivity contribution in [3.05, 3.63) is 63.6 Å². The predicted octanol–water partition coefficient (Wildman–Crippen LogP) is 5.75. The van der Waals surface area contributed by atoms with Gasteiger partial charge >= 0.3 is 0 Å². The molecular weight excluding hydrogens is 545 g/mol. The van der Waals surface area contributed by atoms with Crippen LogP contribution in [0.4, 0.5) is 5.69 Å². The number of carbonyl (C=O) groups excluding carboxylic acids is 2. The van der Waals surface area contributed by atoms with E-state index < -0.39 is 28.5 Å². The van der Waals surface area contributed by atoms with Crippen LogP contribution in [0.25, 0.3) is 0 Å². The summed E-state index contributed by atoms with van der Waals surface area (Å²) in [6, 6.07) is 11.4. The first-order chi connectivity index (χ1) is 17.9. The molecule has 1 fully saturated rings. The first-order valence-corrected chi connectivity index (χ1v) is 15.6. The van der Waals surface area contributed by atoms with Crippen LogP contribution in [-0.2, 0) is 26.2 Å². The van der Waals surface area contributed by atoms with Gasteiger partial charge in [0.2, 0.25) is 21.8 Å². The fourth-order valence-electron chi connectivity index (χ4n) is 4.63. The van der Waals surface area contributed by atoms with E-state index in [0.29, 0.717) is 21.3 Å². The van der Waals surface area contributed by atoms with E-state index in [9.17, 15) is 18.0 Å². The van der Waals surface area contributed by atoms with Crippen molar-refractivity contribution in [1.29, 1.82) is 0 Å².